The number of methoxy groups -OCH3 is 2. The maximum atomic E-state index is 11.9. The van der Waals surface area contributed by atoms with Crippen molar-refractivity contribution >= 4 is 30.4 Å². The molecule has 2 aromatic carbocycles. The lowest BCUT2D eigenvalue weighted by molar-refractivity contribution is 0.0592. The first kappa shape index (κ1) is 25.6. The first-order valence-corrected chi connectivity index (χ1v) is 11.2. The summed E-state index contributed by atoms with van der Waals surface area (Å²) in [7, 11) is 2.63. The molecule has 0 atom stereocenters. The number of nitrogens with one attached hydrogen (secondary N) is 2. The topological polar surface area (TPSA) is 145 Å². The van der Waals surface area contributed by atoms with Gasteiger partial charge in [0, 0.05) is 11.1 Å². The van der Waals surface area contributed by atoms with Crippen LogP contribution in [0, 0.1) is 0 Å². The summed E-state index contributed by atoms with van der Waals surface area (Å²) >= 11 is 0. The number of amides is 2. The number of nitrogens with zero attached hydrogens (tertiary/aromatic N) is 2. The molecule has 0 aliphatic heterocycles. The highest BCUT2D eigenvalue weighted by Gasteiger charge is 2.10. The lowest BCUT2D eigenvalue weighted by Gasteiger charge is -2.01. The van der Waals surface area contributed by atoms with Gasteiger partial charge in [0.25, 0.3) is 0 Å². The van der Waals surface area contributed by atoms with Crippen LogP contribution in [0.3, 0.4) is 0 Å². The third-order valence-corrected chi connectivity index (χ3v) is 5.11. The first-order chi connectivity index (χ1) is 18.5. The number of ether oxygens (including phenoxy) is 2. The summed E-state index contributed by atoms with van der Waals surface area (Å²) < 4.78 is 20.8. The van der Waals surface area contributed by atoms with Crippen LogP contribution in [0.25, 0.3) is 22.6 Å². The minimum atomic E-state index is -0.687. The van der Waals surface area contributed by atoms with Gasteiger partial charge in [-0.2, -0.15) is 10.2 Å². The Bertz CT molecular complexity index is 1410. The van der Waals surface area contributed by atoms with E-state index in [2.05, 4.69) is 21.1 Å². The van der Waals surface area contributed by atoms with Crippen LogP contribution in [0.5, 0.6) is 0 Å². The van der Waals surface area contributed by atoms with Gasteiger partial charge in [0.15, 0.2) is 0 Å². The molecule has 0 bridgehead atoms. The molecule has 2 heterocycles. The van der Waals surface area contributed by atoms with Crippen LogP contribution in [0.2, 0.25) is 0 Å². The van der Waals surface area contributed by atoms with E-state index < -0.39 is 18.0 Å². The van der Waals surface area contributed by atoms with Crippen molar-refractivity contribution in [1.82, 2.24) is 10.9 Å². The van der Waals surface area contributed by atoms with Crippen molar-refractivity contribution in [1.29, 1.82) is 0 Å². The number of esters is 2. The minimum absolute atomic E-state index is 0.381. The van der Waals surface area contributed by atoms with Crippen LogP contribution in [-0.2, 0) is 9.47 Å². The largest absolute Gasteiger partial charge is 0.465 e. The highest BCUT2D eigenvalue weighted by molar-refractivity contribution is 5.91. The highest BCUT2D eigenvalue weighted by atomic mass is 16.5. The fourth-order valence-corrected chi connectivity index (χ4v) is 3.32. The highest BCUT2D eigenvalue weighted by Crippen LogP contribution is 2.24. The van der Waals surface area contributed by atoms with Crippen molar-refractivity contribution in [3.63, 3.8) is 0 Å². The van der Waals surface area contributed by atoms with E-state index in [1.165, 1.54) is 26.6 Å². The van der Waals surface area contributed by atoms with Gasteiger partial charge in [-0.1, -0.05) is 24.3 Å². The molecule has 11 heteroatoms. The number of urea groups is 1. The van der Waals surface area contributed by atoms with Crippen LogP contribution in [-0.4, -0.2) is 44.6 Å². The van der Waals surface area contributed by atoms with Gasteiger partial charge in [-0.3, -0.25) is 0 Å². The van der Waals surface area contributed by atoms with Gasteiger partial charge in [-0.05, 0) is 48.5 Å². The summed E-state index contributed by atoms with van der Waals surface area (Å²) in [6.07, 6.45) is 2.64. The van der Waals surface area contributed by atoms with Crippen molar-refractivity contribution in [2.75, 3.05) is 14.2 Å². The molecule has 0 saturated carbocycles. The van der Waals surface area contributed by atoms with Crippen LogP contribution < -0.4 is 10.9 Å². The second-order valence-electron chi connectivity index (χ2n) is 7.62. The minimum Gasteiger partial charge on any atom is -0.465 e. The maximum absolute atomic E-state index is 11.9. The Kier molecular flexibility index (Phi) is 8.09. The number of hydrogen-bond acceptors (Lipinski definition) is 9. The van der Waals surface area contributed by atoms with E-state index in [4.69, 9.17) is 18.3 Å². The quantitative estimate of drug-likeness (QED) is 0.201. The molecule has 2 amide bonds. The number of carbonyl (C=O) groups is 3. The Morgan fingerprint density at radius 1 is 0.684 bits per heavy atom. The van der Waals surface area contributed by atoms with E-state index in [-0.39, 0.29) is 0 Å². The zero-order valence-electron chi connectivity index (χ0n) is 20.3. The summed E-state index contributed by atoms with van der Waals surface area (Å²) in [5.74, 6) is 0.896. The van der Waals surface area contributed by atoms with Crippen LogP contribution in [0.15, 0.2) is 91.8 Å². The van der Waals surface area contributed by atoms with Gasteiger partial charge < -0.3 is 18.3 Å². The van der Waals surface area contributed by atoms with E-state index in [9.17, 15) is 14.4 Å². The molecule has 11 nitrogen and oxygen atoms in total. The van der Waals surface area contributed by atoms with Gasteiger partial charge in [-0.15, -0.1) is 0 Å². The molecule has 0 radical (unpaired) electrons. The molecule has 4 rings (SSSR count). The molecule has 0 unspecified atom stereocenters. The maximum Gasteiger partial charge on any atom is 0.355 e. The van der Waals surface area contributed by atoms with E-state index in [1.807, 2.05) is 0 Å². The van der Waals surface area contributed by atoms with Crippen molar-refractivity contribution in [2.45, 2.75) is 0 Å². The number of furan rings is 2. The number of rotatable bonds is 8. The zero-order valence-corrected chi connectivity index (χ0v) is 20.3. The summed E-state index contributed by atoms with van der Waals surface area (Å²) in [6, 6.07) is 19.7. The molecule has 192 valence electrons. The van der Waals surface area contributed by atoms with Crippen molar-refractivity contribution < 1.29 is 32.7 Å². The van der Waals surface area contributed by atoms with Gasteiger partial charge >= 0.3 is 18.0 Å². The molecule has 38 heavy (non-hydrogen) atoms. The summed E-state index contributed by atoms with van der Waals surface area (Å²) in [6.45, 7) is 0. The predicted molar refractivity (Wildman–Crippen MR) is 138 cm³/mol. The Morgan fingerprint density at radius 3 is 1.55 bits per heavy atom. The average molecular weight is 514 g/mol. The molecule has 2 N–H and O–H groups in total. The van der Waals surface area contributed by atoms with Crippen molar-refractivity contribution in [3.05, 3.63) is 95.4 Å². The van der Waals surface area contributed by atoms with Crippen molar-refractivity contribution in [2.24, 2.45) is 10.2 Å². The Labute approximate surface area is 216 Å². The smallest absolute Gasteiger partial charge is 0.355 e. The number of hydrogen-bond donors (Lipinski definition) is 2. The molecule has 0 spiro atoms. The molecular weight excluding hydrogens is 492 g/mol. The normalized spacial score (nSPS) is 11.0. The van der Waals surface area contributed by atoms with Crippen molar-refractivity contribution in [3.8, 4) is 22.6 Å². The van der Waals surface area contributed by atoms with Gasteiger partial charge in [0.05, 0.1) is 37.8 Å². The number of hydrazone groups is 2. The molecule has 0 aliphatic carbocycles. The Hall–Kier alpha value is -5.45. The van der Waals surface area contributed by atoms with Crippen LogP contribution in [0.1, 0.15) is 32.2 Å². The molecule has 2 aromatic heterocycles. The third kappa shape index (κ3) is 6.40. The van der Waals surface area contributed by atoms with Crippen LogP contribution in [0.4, 0.5) is 4.79 Å². The molecular formula is C27H22N4O7. The molecule has 4 aromatic rings. The average Bonchev–Trinajstić information content (AvgIpc) is 3.62. The summed E-state index contributed by atoms with van der Waals surface area (Å²) in [5, 5.41) is 7.63. The monoisotopic (exact) mass is 514 g/mol. The molecule has 0 saturated heterocycles. The van der Waals surface area contributed by atoms with E-state index in [0.717, 1.165) is 0 Å². The number of benzene rings is 2. The number of carbonyl (C=O) groups excluding carboxylic acids is 3. The van der Waals surface area contributed by atoms with E-state index in [0.29, 0.717) is 45.3 Å². The molecule has 0 fully saturated rings. The zero-order chi connectivity index (χ0) is 26.9. The van der Waals surface area contributed by atoms with Gasteiger partial charge in [0.2, 0.25) is 0 Å². The lowest BCUT2D eigenvalue weighted by Crippen LogP contribution is -2.28. The SMILES string of the molecule is COC(=O)c1cccc(-c2ccc(/C=N\NC(=O)N/N=C\c3ccc(-c4cccc(C(=O)OC)c4)o3)o2)c1. The predicted octanol–water partition coefficient (Wildman–Crippen LogP) is 4.45. The first-order valence-electron chi connectivity index (χ1n) is 11.2. The van der Waals surface area contributed by atoms with Crippen LogP contribution >= 0.6 is 0 Å². The summed E-state index contributed by atoms with van der Waals surface area (Å²) in [4.78, 5) is 35.4. The Morgan fingerprint density at radius 2 is 1.13 bits per heavy atom. The van der Waals surface area contributed by atoms with E-state index in [1.54, 1.807) is 72.8 Å². The second-order valence-corrected chi connectivity index (χ2v) is 7.62. The summed E-state index contributed by atoms with van der Waals surface area (Å²) in [5.41, 5.74) is 6.69. The Balaban J connectivity index is 1.29. The second kappa shape index (κ2) is 12.0. The van der Waals surface area contributed by atoms with Gasteiger partial charge in [0.1, 0.15) is 23.0 Å². The fourth-order valence-electron chi connectivity index (χ4n) is 3.32. The standard InChI is InChI=1S/C27H22N4O7/c1-35-25(32)19-7-3-5-17(13-19)23-11-9-21(37-23)15-28-30-27(34)31-29-16-22-10-12-24(38-22)18-6-4-8-20(14-18)26(33)36-2/h3-16H,1-2H3,(H2,30,31,34)/b28-15-,29-16-. The third-order valence-electron chi connectivity index (χ3n) is 5.11. The van der Waals surface area contributed by atoms with Gasteiger partial charge in [-0.25, -0.2) is 25.2 Å². The van der Waals surface area contributed by atoms with E-state index >= 15 is 0 Å². The lowest BCUT2D eigenvalue weighted by atomic mass is 10.1. The fraction of sp³-hybridized carbons (Fsp3) is 0.0741. The molecule has 0 aliphatic rings.